The van der Waals surface area contributed by atoms with Crippen molar-refractivity contribution in [1.82, 2.24) is 5.48 Å². The number of hydrogen-bond donors (Lipinski definition) is 2. The summed E-state index contributed by atoms with van der Waals surface area (Å²) in [6, 6.07) is 0. The summed E-state index contributed by atoms with van der Waals surface area (Å²) in [4.78, 5) is 30.9. The van der Waals surface area contributed by atoms with Crippen LogP contribution < -0.4 is 10.2 Å². The van der Waals surface area contributed by atoms with Crippen molar-refractivity contribution in [3.05, 3.63) is 77.4 Å². The number of nitro groups is 1. The fraction of sp³-hybridized carbons (Fsp3) is 0.133. The van der Waals surface area contributed by atoms with Gasteiger partial charge in [-0.05, 0) is 30.2 Å². The highest BCUT2D eigenvalue weighted by Crippen LogP contribution is 2.29. The lowest BCUT2D eigenvalue weighted by molar-refractivity contribution is -0.610. The summed E-state index contributed by atoms with van der Waals surface area (Å²) in [6.45, 7) is 3.13. The van der Waals surface area contributed by atoms with Crippen LogP contribution in [0.1, 0.15) is 16.8 Å². The maximum Gasteiger partial charge on any atom is 0.321 e. The second kappa shape index (κ2) is 6.56. The first kappa shape index (κ1) is 18.7. The van der Waals surface area contributed by atoms with Crippen LogP contribution in [0.3, 0.4) is 0 Å². The van der Waals surface area contributed by atoms with E-state index in [1.807, 2.05) is 0 Å². The topological polar surface area (TPSA) is 141 Å². The molecule has 27 heavy (non-hydrogen) atoms. The molecule has 0 spiro atoms. The Hall–Kier alpha value is -3.11. The molecule has 0 radical (unpaired) electrons. The Morgan fingerprint density at radius 1 is 1.33 bits per heavy atom. The molecule has 1 aromatic heterocycles. The van der Waals surface area contributed by atoms with E-state index in [9.17, 15) is 25.2 Å². The zero-order chi connectivity index (χ0) is 20.0. The van der Waals surface area contributed by atoms with Gasteiger partial charge in [0.2, 0.25) is 5.69 Å². The molecule has 10 nitrogen and oxygen atoms in total. The van der Waals surface area contributed by atoms with Gasteiger partial charge in [-0.25, -0.2) is 5.48 Å². The monoisotopic (exact) mass is 412 g/mol. The molecule has 1 aliphatic heterocycles. The van der Waals surface area contributed by atoms with Crippen molar-refractivity contribution in [1.29, 1.82) is 0 Å². The molecule has 0 fully saturated rings. The molecule has 0 amide bonds. The van der Waals surface area contributed by atoms with E-state index in [2.05, 4.69) is 10.5 Å². The van der Waals surface area contributed by atoms with Crippen LogP contribution in [0.4, 0.5) is 0 Å². The molecular formula is C15H10Cl2N4O6. The summed E-state index contributed by atoms with van der Waals surface area (Å²) in [5.41, 5.74) is 2.43. The number of hydrogen-bond acceptors (Lipinski definition) is 8. The van der Waals surface area contributed by atoms with E-state index in [0.717, 1.165) is 12.2 Å². The van der Waals surface area contributed by atoms with Crippen LogP contribution in [-0.2, 0) is 9.63 Å². The third kappa shape index (κ3) is 2.98. The van der Waals surface area contributed by atoms with Gasteiger partial charge in [-0.3, -0.25) is 14.9 Å². The number of nitrogens with one attached hydrogen (secondary N) is 1. The smallest absolute Gasteiger partial charge is 0.321 e. The van der Waals surface area contributed by atoms with Crippen LogP contribution >= 0.6 is 23.2 Å². The number of aliphatic imine (C=N–C) groups is 1. The summed E-state index contributed by atoms with van der Waals surface area (Å²) < 4.78 is 0.428. The van der Waals surface area contributed by atoms with Crippen LogP contribution in [0.5, 0.6) is 0 Å². The number of amidine groups is 1. The molecule has 140 valence electrons. The Morgan fingerprint density at radius 3 is 2.63 bits per heavy atom. The number of aromatic nitrogens is 1. The molecule has 0 saturated carbocycles. The molecule has 0 aromatic carbocycles. The number of halogens is 2. The first-order chi connectivity index (χ1) is 12.6. The van der Waals surface area contributed by atoms with Crippen LogP contribution in [0.2, 0.25) is 10.2 Å². The van der Waals surface area contributed by atoms with Crippen molar-refractivity contribution in [2.75, 3.05) is 0 Å². The Bertz CT molecular complexity index is 1010. The predicted octanol–water partition coefficient (Wildman–Crippen LogP) is 1.92. The van der Waals surface area contributed by atoms with Crippen LogP contribution in [0.15, 0.2) is 40.1 Å². The van der Waals surface area contributed by atoms with E-state index in [1.165, 1.54) is 6.92 Å². The Morgan fingerprint density at radius 2 is 2.00 bits per heavy atom. The van der Waals surface area contributed by atoms with Crippen molar-refractivity contribution in [3.63, 3.8) is 0 Å². The van der Waals surface area contributed by atoms with Gasteiger partial charge in [-0.1, -0.05) is 11.6 Å². The minimum atomic E-state index is -1.13. The Balaban J connectivity index is 2.15. The molecule has 0 saturated heterocycles. The molecule has 3 rings (SSSR count). The molecule has 12 heteroatoms. The highest BCUT2D eigenvalue weighted by atomic mass is 35.5. The van der Waals surface area contributed by atoms with Crippen LogP contribution in [-0.4, -0.2) is 21.6 Å². The summed E-state index contributed by atoms with van der Waals surface area (Å²) in [7, 11) is 0. The van der Waals surface area contributed by atoms with Gasteiger partial charge in [0.1, 0.15) is 10.6 Å². The third-order valence-electron chi connectivity index (χ3n) is 3.90. The molecule has 2 N–H and O–H groups in total. The fourth-order valence-electron chi connectivity index (χ4n) is 2.48. The lowest BCUT2D eigenvalue weighted by atomic mass is 10.0. The lowest BCUT2D eigenvalue weighted by Gasteiger charge is -2.12. The molecule has 0 atom stereocenters. The minimum absolute atomic E-state index is 0.0247. The molecule has 1 aromatic rings. The summed E-state index contributed by atoms with van der Waals surface area (Å²) in [5, 5.41) is 32.7. The van der Waals surface area contributed by atoms with E-state index in [0.29, 0.717) is 10.3 Å². The third-order valence-corrected chi connectivity index (χ3v) is 4.80. The van der Waals surface area contributed by atoms with Crippen molar-refractivity contribution in [3.8, 4) is 0 Å². The number of rotatable bonds is 2. The number of pyridine rings is 1. The number of aliphatic hydroxyl groups excluding tert-OH is 1. The number of allylic oxidation sites excluding steroid dienone is 3. The quantitative estimate of drug-likeness (QED) is 0.248. The summed E-state index contributed by atoms with van der Waals surface area (Å²) in [5.74, 6) is -2.10. The predicted molar refractivity (Wildman–Crippen MR) is 93.5 cm³/mol. The van der Waals surface area contributed by atoms with Crippen molar-refractivity contribution >= 4 is 34.8 Å². The van der Waals surface area contributed by atoms with Gasteiger partial charge in [-0.15, -0.1) is 0 Å². The van der Waals surface area contributed by atoms with Gasteiger partial charge >= 0.3 is 5.70 Å². The Labute approximate surface area is 161 Å². The van der Waals surface area contributed by atoms with Crippen LogP contribution in [0.25, 0.3) is 0 Å². The van der Waals surface area contributed by atoms with Crippen LogP contribution in [0, 0.1) is 29.2 Å². The van der Waals surface area contributed by atoms with Gasteiger partial charge in [-0.2, -0.15) is 9.72 Å². The number of ketones is 1. The molecular weight excluding hydrogens is 403 g/mol. The number of carbonyl (C=O) groups excluding carboxylic acids is 1. The number of hydroxylamine groups is 1. The second-order valence-electron chi connectivity index (χ2n) is 5.55. The van der Waals surface area contributed by atoms with E-state index in [1.54, 1.807) is 6.92 Å². The van der Waals surface area contributed by atoms with E-state index in [4.69, 9.17) is 28.0 Å². The van der Waals surface area contributed by atoms with Gasteiger partial charge < -0.3 is 15.2 Å². The van der Waals surface area contributed by atoms with Crippen molar-refractivity contribution < 1.29 is 24.4 Å². The largest absolute Gasteiger partial charge is 0.617 e. The molecule has 1 aliphatic carbocycles. The van der Waals surface area contributed by atoms with Gasteiger partial charge in [0.15, 0.2) is 11.6 Å². The highest BCUT2D eigenvalue weighted by molar-refractivity contribution is 6.35. The average molecular weight is 413 g/mol. The molecule has 0 bridgehead atoms. The summed E-state index contributed by atoms with van der Waals surface area (Å²) >= 11 is 12.2. The van der Waals surface area contributed by atoms with Gasteiger partial charge in [0.25, 0.3) is 16.8 Å². The van der Waals surface area contributed by atoms with Gasteiger partial charge in [0, 0.05) is 13.0 Å². The standard InChI is InChI=1S/C15H10Cl2N4O6/c1-5-10(13(17)20(24)6(2)11(5)16)14-18-15(27-19-14)7-3-8(21(25)26)12(23)9(22)4-7/h3-4,22H,1-2H3,(H,18,19). The fourth-order valence-corrected chi connectivity index (χ4v) is 3.01. The highest BCUT2D eigenvalue weighted by Gasteiger charge is 2.33. The molecule has 0 unspecified atom stereocenters. The van der Waals surface area contributed by atoms with E-state index >= 15 is 0 Å². The maximum atomic E-state index is 12.1. The van der Waals surface area contributed by atoms with E-state index < -0.39 is 22.2 Å². The SMILES string of the molecule is Cc1c(Cl)c(C)[n+]([O-])c(Cl)c1C1=NC(=C2C=C(O)C(=O)C([N+](=O)[O-])=C2)ON1. The zero-order valence-corrected chi connectivity index (χ0v) is 15.3. The maximum absolute atomic E-state index is 12.1. The lowest BCUT2D eigenvalue weighted by Crippen LogP contribution is -2.36. The molecule has 2 heterocycles. The minimum Gasteiger partial charge on any atom is -0.617 e. The first-order valence-electron chi connectivity index (χ1n) is 7.28. The summed E-state index contributed by atoms with van der Waals surface area (Å²) in [6.07, 6.45) is 1.89. The Kier molecular flexibility index (Phi) is 4.54. The van der Waals surface area contributed by atoms with Gasteiger partial charge in [0.05, 0.1) is 10.5 Å². The molecule has 2 aliphatic rings. The normalized spacial score (nSPS) is 19.1. The number of Topliss-reactive ketones (excluding diaryl/α,β-unsaturated/α-hetero) is 1. The van der Waals surface area contributed by atoms with E-state index in [-0.39, 0.29) is 38.7 Å². The number of aliphatic hydroxyl groups is 1. The van der Waals surface area contributed by atoms with Crippen molar-refractivity contribution in [2.45, 2.75) is 13.8 Å². The zero-order valence-electron chi connectivity index (χ0n) is 13.7. The van der Waals surface area contributed by atoms with Crippen molar-refractivity contribution in [2.24, 2.45) is 4.99 Å². The number of carbonyl (C=O) groups is 1. The first-order valence-corrected chi connectivity index (χ1v) is 8.04. The average Bonchev–Trinajstić information content (AvgIpc) is 3.10. The second-order valence-corrected chi connectivity index (χ2v) is 6.29. The number of nitrogens with zero attached hydrogens (tertiary/aromatic N) is 3.